The summed E-state index contributed by atoms with van der Waals surface area (Å²) in [6.07, 6.45) is 5.91. The standard InChI is InChI=1S/C25H29N5OS/c1-18(2)22-15-23(30-13-3-4-14-30)29-25(28-22)32-17-20-5-7-21(8-6-20)24(31)27-16-19-9-11-26-12-10-19/h5-12,15,18H,3-4,13-14,16-17H2,1-2H3,(H,27,31). The fourth-order valence-electron chi connectivity index (χ4n) is 3.58. The Morgan fingerprint density at radius 1 is 1.03 bits per heavy atom. The zero-order valence-electron chi connectivity index (χ0n) is 18.6. The highest BCUT2D eigenvalue weighted by atomic mass is 32.2. The lowest BCUT2D eigenvalue weighted by atomic mass is 10.1. The maximum atomic E-state index is 12.4. The molecule has 7 heteroatoms. The van der Waals surface area contributed by atoms with Crippen molar-refractivity contribution in [2.24, 2.45) is 0 Å². The van der Waals surface area contributed by atoms with Crippen LogP contribution >= 0.6 is 11.8 Å². The molecule has 0 atom stereocenters. The van der Waals surface area contributed by atoms with Gasteiger partial charge in [0.15, 0.2) is 5.16 Å². The lowest BCUT2D eigenvalue weighted by Gasteiger charge is -2.18. The quantitative estimate of drug-likeness (QED) is 0.394. The van der Waals surface area contributed by atoms with Gasteiger partial charge < -0.3 is 10.2 Å². The summed E-state index contributed by atoms with van der Waals surface area (Å²) in [6.45, 7) is 6.97. The van der Waals surface area contributed by atoms with Gasteiger partial charge in [0.25, 0.3) is 5.91 Å². The molecule has 0 unspecified atom stereocenters. The second-order valence-corrected chi connectivity index (χ2v) is 9.25. The predicted octanol–water partition coefficient (Wildman–Crippen LogP) is 4.82. The summed E-state index contributed by atoms with van der Waals surface area (Å²) in [6, 6.07) is 13.7. The zero-order valence-corrected chi connectivity index (χ0v) is 19.4. The summed E-state index contributed by atoms with van der Waals surface area (Å²) in [7, 11) is 0. The summed E-state index contributed by atoms with van der Waals surface area (Å²) in [5.41, 5.74) is 3.91. The average Bonchev–Trinajstić information content (AvgIpc) is 3.37. The number of nitrogens with one attached hydrogen (secondary N) is 1. The van der Waals surface area contributed by atoms with Gasteiger partial charge in [-0.25, -0.2) is 9.97 Å². The van der Waals surface area contributed by atoms with E-state index in [1.54, 1.807) is 24.2 Å². The number of carbonyl (C=O) groups excluding carboxylic acids is 1. The van der Waals surface area contributed by atoms with Gasteiger partial charge in [-0.05, 0) is 54.2 Å². The van der Waals surface area contributed by atoms with Crippen LogP contribution in [0.25, 0.3) is 0 Å². The van der Waals surface area contributed by atoms with Crippen molar-refractivity contribution in [3.63, 3.8) is 0 Å². The van der Waals surface area contributed by atoms with Crippen molar-refractivity contribution in [3.05, 3.63) is 77.2 Å². The van der Waals surface area contributed by atoms with Gasteiger partial charge in [-0.2, -0.15) is 0 Å². The lowest BCUT2D eigenvalue weighted by molar-refractivity contribution is 0.0951. The Bertz CT molecular complexity index is 1030. The van der Waals surface area contributed by atoms with Gasteiger partial charge in [-0.3, -0.25) is 9.78 Å². The number of benzene rings is 1. The monoisotopic (exact) mass is 447 g/mol. The number of amides is 1. The Balaban J connectivity index is 1.37. The molecule has 6 nitrogen and oxygen atoms in total. The average molecular weight is 448 g/mol. The van der Waals surface area contributed by atoms with Gasteiger partial charge in [0.05, 0.1) is 0 Å². The molecule has 1 fully saturated rings. The second-order valence-electron chi connectivity index (χ2n) is 8.31. The first-order valence-electron chi connectivity index (χ1n) is 11.1. The van der Waals surface area contributed by atoms with Crippen LogP contribution in [0.1, 0.15) is 59.8 Å². The maximum Gasteiger partial charge on any atom is 0.251 e. The molecule has 0 bridgehead atoms. The molecule has 166 valence electrons. The SMILES string of the molecule is CC(C)c1cc(N2CCCC2)nc(SCc2ccc(C(=O)NCc3ccncc3)cc2)n1. The molecule has 0 saturated carbocycles. The van der Waals surface area contributed by atoms with Crippen LogP contribution in [0.4, 0.5) is 5.82 Å². The molecule has 1 amide bonds. The maximum absolute atomic E-state index is 12.4. The minimum Gasteiger partial charge on any atom is -0.356 e. The highest BCUT2D eigenvalue weighted by Gasteiger charge is 2.17. The van der Waals surface area contributed by atoms with E-state index in [1.807, 2.05) is 36.4 Å². The first-order chi connectivity index (χ1) is 15.6. The van der Waals surface area contributed by atoms with Gasteiger partial charge >= 0.3 is 0 Å². The van der Waals surface area contributed by atoms with Crippen molar-refractivity contribution in [1.29, 1.82) is 0 Å². The van der Waals surface area contributed by atoms with Crippen molar-refractivity contribution in [3.8, 4) is 0 Å². The largest absolute Gasteiger partial charge is 0.356 e. The first kappa shape index (κ1) is 22.3. The summed E-state index contributed by atoms with van der Waals surface area (Å²) in [5, 5.41) is 3.76. The van der Waals surface area contributed by atoms with Gasteiger partial charge in [-0.1, -0.05) is 37.7 Å². The number of nitrogens with zero attached hydrogens (tertiary/aromatic N) is 4. The molecule has 1 aromatic carbocycles. The molecule has 3 heterocycles. The van der Waals surface area contributed by atoms with Crippen LogP contribution in [0.5, 0.6) is 0 Å². The molecule has 1 aliphatic heterocycles. The molecular formula is C25H29N5OS. The van der Waals surface area contributed by atoms with Crippen LogP contribution in [0, 0.1) is 0 Å². The smallest absolute Gasteiger partial charge is 0.251 e. The number of hydrogen-bond acceptors (Lipinski definition) is 6. The molecule has 3 aromatic rings. The summed E-state index contributed by atoms with van der Waals surface area (Å²) in [4.78, 5) is 28.4. The van der Waals surface area contributed by atoms with E-state index in [-0.39, 0.29) is 5.91 Å². The molecule has 0 aliphatic carbocycles. The summed E-state index contributed by atoms with van der Waals surface area (Å²) >= 11 is 1.64. The van der Waals surface area contributed by atoms with Gasteiger partial charge in [0.2, 0.25) is 0 Å². The lowest BCUT2D eigenvalue weighted by Crippen LogP contribution is -2.22. The van der Waals surface area contributed by atoms with Crippen molar-refractivity contribution >= 4 is 23.5 Å². The van der Waals surface area contributed by atoms with E-state index in [2.05, 4.69) is 35.1 Å². The molecule has 1 N–H and O–H groups in total. The Kier molecular flexibility index (Phi) is 7.37. The number of pyridine rings is 1. The van der Waals surface area contributed by atoms with Crippen LogP contribution in [0.15, 0.2) is 60.0 Å². The normalized spacial score (nSPS) is 13.5. The van der Waals surface area contributed by atoms with E-state index >= 15 is 0 Å². The molecule has 4 rings (SSSR count). The molecule has 1 saturated heterocycles. The third kappa shape index (κ3) is 5.85. The number of aromatic nitrogens is 3. The molecule has 1 aliphatic rings. The Hall–Kier alpha value is -2.93. The highest BCUT2D eigenvalue weighted by Crippen LogP contribution is 2.27. The highest BCUT2D eigenvalue weighted by molar-refractivity contribution is 7.98. The van der Waals surface area contributed by atoms with E-state index in [1.165, 1.54) is 12.8 Å². The van der Waals surface area contributed by atoms with Crippen LogP contribution in [-0.4, -0.2) is 33.9 Å². The minimum absolute atomic E-state index is 0.0794. The van der Waals surface area contributed by atoms with E-state index in [0.29, 0.717) is 18.0 Å². The molecule has 2 aromatic heterocycles. The van der Waals surface area contributed by atoms with Crippen LogP contribution in [0.2, 0.25) is 0 Å². The Morgan fingerprint density at radius 3 is 2.44 bits per heavy atom. The van der Waals surface area contributed by atoms with E-state index in [0.717, 1.165) is 46.6 Å². The Labute approximate surface area is 193 Å². The zero-order chi connectivity index (χ0) is 22.3. The van der Waals surface area contributed by atoms with Gasteiger partial charge in [0, 0.05) is 55.1 Å². The molecule has 32 heavy (non-hydrogen) atoms. The third-order valence-electron chi connectivity index (χ3n) is 5.52. The summed E-state index contributed by atoms with van der Waals surface area (Å²) < 4.78 is 0. The van der Waals surface area contributed by atoms with Crippen LogP contribution < -0.4 is 10.2 Å². The predicted molar refractivity (Wildman–Crippen MR) is 129 cm³/mol. The first-order valence-corrected chi connectivity index (χ1v) is 12.1. The number of rotatable bonds is 8. The van der Waals surface area contributed by atoms with Crippen molar-refractivity contribution in [2.45, 2.75) is 50.1 Å². The van der Waals surface area contributed by atoms with Gasteiger partial charge in [0.1, 0.15) is 5.82 Å². The van der Waals surface area contributed by atoms with Crippen molar-refractivity contribution in [2.75, 3.05) is 18.0 Å². The van der Waals surface area contributed by atoms with E-state index in [9.17, 15) is 4.79 Å². The summed E-state index contributed by atoms with van der Waals surface area (Å²) in [5.74, 6) is 2.10. The van der Waals surface area contributed by atoms with Gasteiger partial charge in [-0.15, -0.1) is 0 Å². The van der Waals surface area contributed by atoms with Crippen LogP contribution in [0.3, 0.4) is 0 Å². The fourth-order valence-corrected chi connectivity index (χ4v) is 4.40. The fraction of sp³-hybridized carbons (Fsp3) is 0.360. The van der Waals surface area contributed by atoms with Crippen molar-refractivity contribution in [1.82, 2.24) is 20.3 Å². The minimum atomic E-state index is -0.0794. The van der Waals surface area contributed by atoms with Crippen molar-refractivity contribution < 1.29 is 4.79 Å². The second kappa shape index (κ2) is 10.6. The number of hydrogen-bond donors (Lipinski definition) is 1. The Morgan fingerprint density at radius 2 is 1.75 bits per heavy atom. The number of anilines is 1. The topological polar surface area (TPSA) is 71.0 Å². The number of carbonyl (C=O) groups is 1. The van der Waals surface area contributed by atoms with E-state index in [4.69, 9.17) is 9.97 Å². The molecular weight excluding hydrogens is 418 g/mol. The molecule has 0 spiro atoms. The van der Waals surface area contributed by atoms with Crippen LogP contribution in [-0.2, 0) is 12.3 Å². The molecule has 0 radical (unpaired) electrons. The van der Waals surface area contributed by atoms with E-state index < -0.39 is 0 Å². The third-order valence-corrected chi connectivity index (χ3v) is 6.44. The number of thioether (sulfide) groups is 1.